The fourth-order valence-corrected chi connectivity index (χ4v) is 2.03. The number of hydrogen-bond donors (Lipinski definition) is 2. The summed E-state index contributed by atoms with van der Waals surface area (Å²) in [7, 11) is 0. The Morgan fingerprint density at radius 2 is 2.22 bits per heavy atom. The number of anilines is 1. The van der Waals surface area contributed by atoms with Gasteiger partial charge in [0.25, 0.3) is 5.91 Å². The monoisotopic (exact) mass is 260 g/mol. The summed E-state index contributed by atoms with van der Waals surface area (Å²) < 4.78 is 0. The van der Waals surface area contributed by atoms with E-state index in [0.29, 0.717) is 22.2 Å². The summed E-state index contributed by atoms with van der Waals surface area (Å²) in [6.45, 7) is 1.80. The summed E-state index contributed by atoms with van der Waals surface area (Å²) in [5, 5.41) is 10.1. The molecular formula is C12H9ClN4O. The summed E-state index contributed by atoms with van der Waals surface area (Å²) in [5.74, 6) is 1.01. The lowest BCUT2D eigenvalue weighted by molar-refractivity contribution is -0.110. The molecule has 90 valence electrons. The number of aryl methyl sites for hydroxylation is 1. The number of rotatable bonds is 1. The van der Waals surface area contributed by atoms with Crippen molar-refractivity contribution >= 4 is 34.8 Å². The van der Waals surface area contributed by atoms with Crippen LogP contribution in [-0.4, -0.2) is 21.1 Å². The van der Waals surface area contributed by atoms with E-state index >= 15 is 0 Å². The van der Waals surface area contributed by atoms with Gasteiger partial charge in [0.05, 0.1) is 5.57 Å². The van der Waals surface area contributed by atoms with E-state index in [4.69, 9.17) is 11.6 Å². The van der Waals surface area contributed by atoms with Crippen LogP contribution in [0.25, 0.3) is 11.6 Å². The second-order valence-corrected chi connectivity index (χ2v) is 4.42. The molecule has 3 rings (SSSR count). The maximum absolute atomic E-state index is 11.9. The lowest BCUT2D eigenvalue weighted by Gasteiger charge is -1.97. The molecule has 0 fully saturated rings. The van der Waals surface area contributed by atoms with Gasteiger partial charge < -0.3 is 5.32 Å². The van der Waals surface area contributed by atoms with E-state index in [1.165, 1.54) is 0 Å². The molecule has 5 nitrogen and oxygen atoms in total. The van der Waals surface area contributed by atoms with Crippen LogP contribution in [0.4, 0.5) is 5.69 Å². The van der Waals surface area contributed by atoms with E-state index in [1.807, 2.05) is 0 Å². The summed E-state index contributed by atoms with van der Waals surface area (Å²) >= 11 is 5.94. The third-order valence-corrected chi connectivity index (χ3v) is 2.89. The summed E-state index contributed by atoms with van der Waals surface area (Å²) in [5.41, 5.74) is 2.05. The molecule has 0 saturated carbocycles. The standard InChI is InChI=1S/C12H9ClN4O/c1-6-14-11(17-16-6)5-9-8-4-7(13)2-3-10(8)15-12(9)18/h2-5H,1H3,(H,15,18)(H,14,16,17)/b9-5-. The number of fused-ring (bicyclic) bond motifs is 1. The Morgan fingerprint density at radius 1 is 1.39 bits per heavy atom. The topological polar surface area (TPSA) is 70.7 Å². The van der Waals surface area contributed by atoms with Gasteiger partial charge in [-0.2, -0.15) is 5.10 Å². The zero-order chi connectivity index (χ0) is 12.7. The first kappa shape index (κ1) is 11.0. The van der Waals surface area contributed by atoms with E-state index in [1.54, 1.807) is 31.2 Å². The number of H-pyrrole nitrogens is 1. The second kappa shape index (κ2) is 3.96. The van der Waals surface area contributed by atoms with Crippen LogP contribution in [0.2, 0.25) is 5.02 Å². The molecule has 1 aliphatic heterocycles. The van der Waals surface area contributed by atoms with E-state index in [9.17, 15) is 4.79 Å². The number of aromatic nitrogens is 3. The van der Waals surface area contributed by atoms with Crippen molar-refractivity contribution in [2.24, 2.45) is 0 Å². The first-order chi connectivity index (χ1) is 8.63. The van der Waals surface area contributed by atoms with E-state index in [-0.39, 0.29) is 5.91 Å². The van der Waals surface area contributed by atoms with Crippen LogP contribution in [-0.2, 0) is 4.79 Å². The zero-order valence-corrected chi connectivity index (χ0v) is 10.2. The van der Waals surface area contributed by atoms with Crippen LogP contribution in [0.5, 0.6) is 0 Å². The molecule has 2 heterocycles. The number of carbonyl (C=O) groups excluding carboxylic acids is 1. The Kier molecular flexibility index (Phi) is 2.41. The molecule has 6 heteroatoms. The van der Waals surface area contributed by atoms with E-state index in [0.717, 1.165) is 11.3 Å². The molecule has 18 heavy (non-hydrogen) atoms. The second-order valence-electron chi connectivity index (χ2n) is 3.98. The van der Waals surface area contributed by atoms with Crippen molar-refractivity contribution < 1.29 is 4.79 Å². The summed E-state index contributed by atoms with van der Waals surface area (Å²) in [6, 6.07) is 5.26. The average molecular weight is 261 g/mol. The number of nitrogens with zero attached hydrogens (tertiary/aromatic N) is 2. The lowest BCUT2D eigenvalue weighted by Crippen LogP contribution is -2.03. The molecule has 0 atom stereocenters. The van der Waals surface area contributed by atoms with Gasteiger partial charge in [-0.3, -0.25) is 9.89 Å². The number of hydrogen-bond acceptors (Lipinski definition) is 3. The van der Waals surface area contributed by atoms with Crippen molar-refractivity contribution in [3.63, 3.8) is 0 Å². The van der Waals surface area contributed by atoms with Crippen LogP contribution in [0, 0.1) is 6.92 Å². The molecule has 2 aromatic rings. The van der Waals surface area contributed by atoms with Crippen LogP contribution in [0.3, 0.4) is 0 Å². The van der Waals surface area contributed by atoms with Crippen molar-refractivity contribution in [1.82, 2.24) is 15.2 Å². The minimum Gasteiger partial charge on any atom is -0.321 e. The molecule has 0 saturated heterocycles. The van der Waals surface area contributed by atoms with Crippen molar-refractivity contribution in [1.29, 1.82) is 0 Å². The van der Waals surface area contributed by atoms with Crippen molar-refractivity contribution in [2.75, 3.05) is 5.32 Å². The molecule has 0 unspecified atom stereocenters. The van der Waals surface area contributed by atoms with Crippen LogP contribution >= 0.6 is 11.6 Å². The fraction of sp³-hybridized carbons (Fsp3) is 0.0833. The average Bonchev–Trinajstić information content (AvgIpc) is 2.86. The first-order valence-corrected chi connectivity index (χ1v) is 5.73. The number of halogens is 1. The summed E-state index contributed by atoms with van der Waals surface area (Å²) in [6.07, 6.45) is 1.64. The number of carbonyl (C=O) groups is 1. The normalized spacial score (nSPS) is 15.9. The van der Waals surface area contributed by atoms with Gasteiger partial charge in [0.15, 0.2) is 5.82 Å². The largest absolute Gasteiger partial charge is 0.321 e. The van der Waals surface area contributed by atoms with Crippen LogP contribution in [0.1, 0.15) is 17.2 Å². The Labute approximate surface area is 108 Å². The predicted octanol–water partition coefficient (Wildman–Crippen LogP) is 2.26. The molecule has 0 bridgehead atoms. The van der Waals surface area contributed by atoms with Gasteiger partial charge in [-0.25, -0.2) is 4.98 Å². The first-order valence-electron chi connectivity index (χ1n) is 5.35. The van der Waals surface area contributed by atoms with Gasteiger partial charge in [0.1, 0.15) is 5.82 Å². The fourth-order valence-electron chi connectivity index (χ4n) is 1.86. The predicted molar refractivity (Wildman–Crippen MR) is 69.1 cm³/mol. The lowest BCUT2D eigenvalue weighted by atomic mass is 10.1. The maximum atomic E-state index is 11.9. The minimum absolute atomic E-state index is 0.172. The molecule has 2 N–H and O–H groups in total. The van der Waals surface area contributed by atoms with Gasteiger partial charge in [-0.15, -0.1) is 0 Å². The molecule has 1 aliphatic rings. The maximum Gasteiger partial charge on any atom is 0.256 e. The Bertz CT molecular complexity index is 674. The number of aromatic amines is 1. The van der Waals surface area contributed by atoms with Crippen LogP contribution < -0.4 is 5.32 Å². The third-order valence-electron chi connectivity index (χ3n) is 2.65. The number of benzene rings is 1. The minimum atomic E-state index is -0.172. The van der Waals surface area contributed by atoms with E-state index in [2.05, 4.69) is 20.5 Å². The smallest absolute Gasteiger partial charge is 0.256 e. The van der Waals surface area contributed by atoms with Gasteiger partial charge >= 0.3 is 0 Å². The highest BCUT2D eigenvalue weighted by Crippen LogP contribution is 2.34. The Hall–Kier alpha value is -2.14. The van der Waals surface area contributed by atoms with Crippen molar-refractivity contribution in [2.45, 2.75) is 6.92 Å². The highest BCUT2D eigenvalue weighted by atomic mass is 35.5. The quantitative estimate of drug-likeness (QED) is 0.773. The number of nitrogens with one attached hydrogen (secondary N) is 2. The van der Waals surface area contributed by atoms with Gasteiger partial charge in [-0.1, -0.05) is 11.6 Å². The highest BCUT2D eigenvalue weighted by molar-refractivity contribution is 6.36. The molecule has 1 aromatic carbocycles. The molecule has 0 aliphatic carbocycles. The van der Waals surface area contributed by atoms with Crippen LogP contribution in [0.15, 0.2) is 18.2 Å². The third kappa shape index (κ3) is 1.78. The van der Waals surface area contributed by atoms with Gasteiger partial charge in [-0.05, 0) is 31.2 Å². The van der Waals surface area contributed by atoms with E-state index < -0.39 is 0 Å². The Balaban J connectivity index is 2.11. The molecule has 1 amide bonds. The Morgan fingerprint density at radius 3 is 2.94 bits per heavy atom. The van der Waals surface area contributed by atoms with Gasteiger partial charge in [0.2, 0.25) is 0 Å². The molecule has 0 radical (unpaired) electrons. The van der Waals surface area contributed by atoms with Crippen molar-refractivity contribution in [3.8, 4) is 0 Å². The number of amides is 1. The SMILES string of the molecule is Cc1nc(/C=C2\C(=O)Nc3ccc(Cl)cc32)n[nH]1. The molecule has 0 spiro atoms. The van der Waals surface area contributed by atoms with Gasteiger partial charge in [0, 0.05) is 16.3 Å². The molecular weight excluding hydrogens is 252 g/mol. The summed E-state index contributed by atoms with van der Waals surface area (Å²) in [4.78, 5) is 16.0. The highest BCUT2D eigenvalue weighted by Gasteiger charge is 2.24. The molecule has 1 aromatic heterocycles. The van der Waals surface area contributed by atoms with Crippen molar-refractivity contribution in [3.05, 3.63) is 40.4 Å². The zero-order valence-electron chi connectivity index (χ0n) is 9.49.